The van der Waals surface area contributed by atoms with Crippen LogP contribution in [0.4, 0.5) is 8.78 Å². The number of hydrogen-bond donors (Lipinski definition) is 0. The highest BCUT2D eigenvalue weighted by Crippen LogP contribution is 2.10. The van der Waals surface area contributed by atoms with Crippen molar-refractivity contribution in [1.29, 1.82) is 0 Å². The summed E-state index contributed by atoms with van der Waals surface area (Å²) in [6.45, 7) is 0. The Labute approximate surface area is 44.9 Å². The largest absolute Gasteiger partial charge is 0.264 e. The van der Waals surface area contributed by atoms with Crippen LogP contribution < -0.4 is 0 Å². The molecule has 0 nitrogen and oxygen atoms in total. The standard InChI is InChI=1S/C2H2ClF2S/c3-1(6)2(4)5/h1-2H. The van der Waals surface area contributed by atoms with Crippen LogP contribution in [0.1, 0.15) is 0 Å². The van der Waals surface area contributed by atoms with Gasteiger partial charge in [-0.05, 0) is 0 Å². The highest BCUT2D eigenvalue weighted by atomic mass is 35.5. The van der Waals surface area contributed by atoms with Crippen molar-refractivity contribution in [2.24, 2.45) is 0 Å². The predicted octanol–water partition coefficient (Wildman–Crippen LogP) is 2.01. The Morgan fingerprint density at radius 2 is 1.67 bits per heavy atom. The predicted molar refractivity (Wildman–Crippen MR) is 23.2 cm³/mol. The van der Waals surface area contributed by atoms with Gasteiger partial charge in [0.15, 0.2) is 0 Å². The molecule has 0 aromatic rings. The third-order valence-electron chi connectivity index (χ3n) is 0.198. The third kappa shape index (κ3) is 2.72. The lowest BCUT2D eigenvalue weighted by atomic mass is 10.8. The molecular formula is C2H2ClF2S. The maximum absolute atomic E-state index is 10.9. The van der Waals surface area contributed by atoms with E-state index in [1.54, 1.807) is 0 Å². The first-order valence-corrected chi connectivity index (χ1v) is 2.13. The van der Waals surface area contributed by atoms with Crippen LogP contribution in [-0.2, 0) is 0 Å². The van der Waals surface area contributed by atoms with Gasteiger partial charge in [0, 0.05) is 0 Å². The Bertz CT molecular complexity index is 32.5. The molecule has 0 aromatic heterocycles. The minimum Gasteiger partial charge on any atom is -0.208 e. The van der Waals surface area contributed by atoms with Gasteiger partial charge in [0.05, 0.1) is 0 Å². The van der Waals surface area contributed by atoms with Crippen LogP contribution in [0, 0.1) is 0 Å². The van der Waals surface area contributed by atoms with Crippen molar-refractivity contribution in [1.82, 2.24) is 0 Å². The smallest absolute Gasteiger partial charge is 0.208 e. The second-order valence-corrected chi connectivity index (χ2v) is 1.92. The Morgan fingerprint density at radius 3 is 1.67 bits per heavy atom. The fourth-order valence-corrected chi connectivity index (χ4v) is 0. The van der Waals surface area contributed by atoms with Crippen molar-refractivity contribution >= 4 is 24.2 Å². The van der Waals surface area contributed by atoms with Crippen LogP contribution in [0.25, 0.3) is 0 Å². The van der Waals surface area contributed by atoms with Gasteiger partial charge in [-0.1, -0.05) is 12.6 Å². The number of alkyl halides is 3. The van der Waals surface area contributed by atoms with Gasteiger partial charge in [-0.3, -0.25) is 0 Å². The molecule has 6 heavy (non-hydrogen) atoms. The van der Waals surface area contributed by atoms with Crippen LogP contribution in [-0.4, -0.2) is 11.1 Å². The summed E-state index contributed by atoms with van der Waals surface area (Å²) in [5, 5.41) is 0. The quantitative estimate of drug-likeness (QED) is 0.478. The zero-order valence-corrected chi connectivity index (χ0v) is 4.27. The van der Waals surface area contributed by atoms with Crippen molar-refractivity contribution in [3.05, 3.63) is 0 Å². The Balaban J connectivity index is 2.99. The molecule has 0 saturated carbocycles. The molecule has 0 amide bonds. The van der Waals surface area contributed by atoms with Crippen LogP contribution in [0.2, 0.25) is 0 Å². The fraction of sp³-hybridized carbons (Fsp3) is 1.00. The van der Waals surface area contributed by atoms with Gasteiger partial charge in [-0.15, -0.1) is 11.6 Å². The molecule has 0 aliphatic heterocycles. The second-order valence-electron chi connectivity index (χ2n) is 0.686. The van der Waals surface area contributed by atoms with E-state index in [0.717, 1.165) is 0 Å². The Kier molecular flexibility index (Phi) is 2.86. The van der Waals surface area contributed by atoms with E-state index in [4.69, 9.17) is 0 Å². The number of halogens is 3. The maximum atomic E-state index is 10.9. The van der Waals surface area contributed by atoms with E-state index in [1.165, 1.54) is 0 Å². The van der Waals surface area contributed by atoms with Crippen molar-refractivity contribution < 1.29 is 8.78 Å². The SMILES string of the molecule is FC(F)C([S])Cl. The molecule has 0 bridgehead atoms. The lowest BCUT2D eigenvalue weighted by Gasteiger charge is -1.92. The first-order valence-electron chi connectivity index (χ1n) is 1.22. The monoisotopic (exact) mass is 131 g/mol. The van der Waals surface area contributed by atoms with Crippen molar-refractivity contribution in [3.8, 4) is 0 Å². The fourth-order valence-electron chi connectivity index (χ4n) is 0. The molecule has 0 heterocycles. The van der Waals surface area contributed by atoms with Crippen molar-refractivity contribution in [3.63, 3.8) is 0 Å². The molecule has 1 atom stereocenters. The zero-order valence-electron chi connectivity index (χ0n) is 2.70. The van der Waals surface area contributed by atoms with Crippen molar-refractivity contribution in [2.75, 3.05) is 0 Å². The van der Waals surface area contributed by atoms with Gasteiger partial charge < -0.3 is 0 Å². The van der Waals surface area contributed by atoms with E-state index >= 15 is 0 Å². The summed E-state index contributed by atoms with van der Waals surface area (Å²) in [7, 11) is 0. The molecule has 37 valence electrons. The average Bonchev–Trinajstić information content (AvgIpc) is 1.36. The first kappa shape index (κ1) is 6.50. The molecule has 0 fully saturated rings. The van der Waals surface area contributed by atoms with E-state index in [1.807, 2.05) is 0 Å². The Morgan fingerprint density at radius 1 is 1.50 bits per heavy atom. The molecule has 0 spiro atoms. The van der Waals surface area contributed by atoms with Gasteiger partial charge in [-0.2, -0.15) is 0 Å². The summed E-state index contributed by atoms with van der Waals surface area (Å²) in [5.74, 6) is 0. The van der Waals surface area contributed by atoms with E-state index in [2.05, 4.69) is 24.2 Å². The summed E-state index contributed by atoms with van der Waals surface area (Å²) >= 11 is 8.60. The summed E-state index contributed by atoms with van der Waals surface area (Å²) in [5.41, 5.74) is 0. The zero-order chi connectivity index (χ0) is 5.15. The number of rotatable bonds is 1. The molecule has 0 saturated heterocycles. The average molecular weight is 132 g/mol. The topological polar surface area (TPSA) is 0 Å². The molecule has 1 radical (unpaired) electrons. The molecule has 4 heteroatoms. The molecule has 0 N–H and O–H groups in total. The lowest BCUT2D eigenvalue weighted by molar-refractivity contribution is 0.167. The van der Waals surface area contributed by atoms with Crippen LogP contribution in [0.15, 0.2) is 0 Å². The molecule has 0 aromatic carbocycles. The van der Waals surface area contributed by atoms with Gasteiger partial charge >= 0.3 is 0 Å². The normalized spacial score (nSPS) is 15.5. The van der Waals surface area contributed by atoms with Crippen molar-refractivity contribution in [2.45, 2.75) is 11.1 Å². The summed E-state index contributed by atoms with van der Waals surface area (Å²) in [4.78, 5) is 0. The lowest BCUT2D eigenvalue weighted by Crippen LogP contribution is -1.99. The molecule has 0 rings (SSSR count). The van der Waals surface area contributed by atoms with Gasteiger partial charge in [0.2, 0.25) is 0 Å². The van der Waals surface area contributed by atoms with Gasteiger partial charge in [0.1, 0.15) is 4.71 Å². The van der Waals surface area contributed by atoms with Crippen LogP contribution >= 0.6 is 24.2 Å². The minimum absolute atomic E-state index is 1.43. The summed E-state index contributed by atoms with van der Waals surface area (Å²) in [6, 6.07) is 0. The van der Waals surface area contributed by atoms with E-state index < -0.39 is 11.1 Å². The van der Waals surface area contributed by atoms with E-state index in [0.29, 0.717) is 0 Å². The third-order valence-corrected chi connectivity index (χ3v) is 0.594. The molecular weight excluding hydrogens is 130 g/mol. The van der Waals surface area contributed by atoms with Gasteiger partial charge in [0.25, 0.3) is 6.43 Å². The molecule has 0 aliphatic rings. The second kappa shape index (κ2) is 2.64. The minimum atomic E-state index is -2.57. The van der Waals surface area contributed by atoms with Crippen LogP contribution in [0.5, 0.6) is 0 Å². The van der Waals surface area contributed by atoms with E-state index in [-0.39, 0.29) is 0 Å². The van der Waals surface area contributed by atoms with Gasteiger partial charge in [-0.25, -0.2) is 8.78 Å². The summed E-state index contributed by atoms with van der Waals surface area (Å²) in [6.07, 6.45) is -2.57. The highest BCUT2D eigenvalue weighted by Gasteiger charge is 2.10. The molecule has 1 unspecified atom stereocenters. The van der Waals surface area contributed by atoms with E-state index in [9.17, 15) is 8.78 Å². The Hall–Kier alpha value is 0.500. The maximum Gasteiger partial charge on any atom is 0.264 e. The van der Waals surface area contributed by atoms with Crippen LogP contribution in [0.3, 0.4) is 0 Å². The molecule has 0 aliphatic carbocycles. The first-order chi connectivity index (χ1) is 2.64. The summed E-state index contributed by atoms with van der Waals surface area (Å²) < 4.78 is 20.4. The number of hydrogen-bond acceptors (Lipinski definition) is 0. The highest BCUT2D eigenvalue weighted by molar-refractivity contribution is 7.82.